The first kappa shape index (κ1) is 15.1. The summed E-state index contributed by atoms with van der Waals surface area (Å²) in [6.07, 6.45) is 0. The Morgan fingerprint density at radius 2 is 2.05 bits per heavy atom. The van der Waals surface area contributed by atoms with E-state index in [0.717, 1.165) is 4.90 Å². The first-order valence-electron chi connectivity index (χ1n) is 5.19. The van der Waals surface area contributed by atoms with Gasteiger partial charge in [-0.3, -0.25) is 14.9 Å². The number of hydrogen-bond acceptors (Lipinski definition) is 4. The van der Waals surface area contributed by atoms with Gasteiger partial charge in [0.05, 0.1) is 10.5 Å². The summed E-state index contributed by atoms with van der Waals surface area (Å²) in [6, 6.07) is 2.69. The zero-order chi connectivity index (χ0) is 14.7. The van der Waals surface area contributed by atoms with E-state index in [-0.39, 0.29) is 15.7 Å². The summed E-state index contributed by atoms with van der Waals surface area (Å²) in [6.45, 7) is 1.37. The normalized spacial score (nSPS) is 11.7. The molecule has 0 bridgehead atoms. The Balaban J connectivity index is 3.07. The molecule has 0 radical (unpaired) electrons. The number of nitro groups is 1. The van der Waals surface area contributed by atoms with Gasteiger partial charge in [0.15, 0.2) is 0 Å². The summed E-state index contributed by atoms with van der Waals surface area (Å²) in [5.74, 6) is -1.66. The third-order valence-corrected chi connectivity index (χ3v) is 3.31. The number of carbonyl (C=O) groups is 2. The minimum Gasteiger partial charge on any atom is -0.480 e. The van der Waals surface area contributed by atoms with Gasteiger partial charge in [0, 0.05) is 23.7 Å². The van der Waals surface area contributed by atoms with Crippen LogP contribution in [0.4, 0.5) is 5.69 Å². The fourth-order valence-corrected chi connectivity index (χ4v) is 1.86. The molecule has 0 saturated carbocycles. The van der Waals surface area contributed by atoms with Gasteiger partial charge in [-0.25, -0.2) is 4.79 Å². The van der Waals surface area contributed by atoms with Crippen LogP contribution in [0, 0.1) is 10.1 Å². The van der Waals surface area contributed by atoms with Gasteiger partial charge in [-0.2, -0.15) is 0 Å². The molecular weight excluding hydrogens is 320 g/mol. The van der Waals surface area contributed by atoms with E-state index >= 15 is 0 Å². The fraction of sp³-hybridized carbons (Fsp3) is 0.273. The number of amides is 1. The number of halogens is 1. The topological polar surface area (TPSA) is 101 Å². The van der Waals surface area contributed by atoms with E-state index in [0.29, 0.717) is 0 Å². The molecule has 1 amide bonds. The first-order valence-corrected chi connectivity index (χ1v) is 5.99. The number of carbonyl (C=O) groups excluding carboxylic acids is 1. The molecule has 0 aliphatic heterocycles. The van der Waals surface area contributed by atoms with Gasteiger partial charge in [-0.05, 0) is 28.9 Å². The third kappa shape index (κ3) is 3.28. The summed E-state index contributed by atoms with van der Waals surface area (Å²) in [4.78, 5) is 33.9. The van der Waals surface area contributed by atoms with Crippen LogP contribution in [0.1, 0.15) is 17.3 Å². The van der Waals surface area contributed by atoms with E-state index in [1.807, 2.05) is 0 Å². The van der Waals surface area contributed by atoms with Crippen molar-refractivity contribution in [3.8, 4) is 0 Å². The lowest BCUT2D eigenvalue weighted by atomic mass is 10.1. The number of non-ortho nitro benzene ring substituents is 1. The maximum Gasteiger partial charge on any atom is 0.326 e. The van der Waals surface area contributed by atoms with Crippen LogP contribution in [-0.4, -0.2) is 39.9 Å². The maximum absolute atomic E-state index is 12.1. The van der Waals surface area contributed by atoms with Gasteiger partial charge in [-0.1, -0.05) is 0 Å². The molecule has 1 aromatic carbocycles. The molecule has 1 aromatic rings. The van der Waals surface area contributed by atoms with Crippen LogP contribution in [0.2, 0.25) is 0 Å². The number of carboxylic acids is 1. The van der Waals surface area contributed by atoms with Crippen LogP contribution in [0.5, 0.6) is 0 Å². The third-order valence-electron chi connectivity index (χ3n) is 2.65. The number of aliphatic carboxylic acids is 1. The van der Waals surface area contributed by atoms with Gasteiger partial charge in [-0.15, -0.1) is 0 Å². The second-order valence-corrected chi connectivity index (χ2v) is 4.71. The highest BCUT2D eigenvalue weighted by atomic mass is 79.9. The van der Waals surface area contributed by atoms with Crippen molar-refractivity contribution in [3.05, 3.63) is 38.3 Å². The summed E-state index contributed by atoms with van der Waals surface area (Å²) in [7, 11) is 1.36. The van der Waals surface area contributed by atoms with Gasteiger partial charge in [0.25, 0.3) is 11.6 Å². The summed E-state index contributed by atoms with van der Waals surface area (Å²) in [5, 5.41) is 19.4. The van der Waals surface area contributed by atoms with Gasteiger partial charge in [0.1, 0.15) is 6.04 Å². The predicted octanol–water partition coefficient (Wildman–Crippen LogP) is 1.90. The zero-order valence-corrected chi connectivity index (χ0v) is 11.7. The molecule has 1 unspecified atom stereocenters. The molecule has 7 nitrogen and oxygen atoms in total. The highest BCUT2D eigenvalue weighted by Gasteiger charge is 2.24. The highest BCUT2D eigenvalue weighted by Crippen LogP contribution is 2.24. The van der Waals surface area contributed by atoms with Crippen molar-refractivity contribution < 1.29 is 19.6 Å². The van der Waals surface area contributed by atoms with E-state index in [1.165, 1.54) is 32.2 Å². The van der Waals surface area contributed by atoms with Crippen LogP contribution in [0.3, 0.4) is 0 Å². The molecule has 1 rings (SSSR count). The van der Waals surface area contributed by atoms with Crippen molar-refractivity contribution in [3.63, 3.8) is 0 Å². The monoisotopic (exact) mass is 330 g/mol. The van der Waals surface area contributed by atoms with E-state index < -0.39 is 22.8 Å². The Hall–Kier alpha value is -1.96. The standard InChI is InChI=1S/C11H11BrN2O5/c1-6(11(16)17)13(2)10(15)8-4-3-7(14(18)19)5-9(8)12/h3-6H,1-2H3,(H,16,17). The number of rotatable bonds is 4. The molecule has 0 fully saturated rings. The average Bonchev–Trinajstić information content (AvgIpc) is 2.35. The van der Waals surface area contributed by atoms with Crippen molar-refractivity contribution in [1.29, 1.82) is 0 Å². The lowest BCUT2D eigenvalue weighted by Gasteiger charge is -2.21. The molecule has 19 heavy (non-hydrogen) atoms. The predicted molar refractivity (Wildman–Crippen MR) is 70.0 cm³/mol. The molecule has 0 aliphatic rings. The van der Waals surface area contributed by atoms with Crippen molar-refractivity contribution in [1.82, 2.24) is 4.90 Å². The molecule has 0 aliphatic carbocycles. The van der Waals surface area contributed by atoms with Crippen molar-refractivity contribution in [2.75, 3.05) is 7.05 Å². The van der Waals surface area contributed by atoms with Gasteiger partial charge in [0.2, 0.25) is 0 Å². The Morgan fingerprint density at radius 1 is 1.47 bits per heavy atom. The second kappa shape index (κ2) is 5.79. The number of nitrogens with zero attached hydrogens (tertiary/aromatic N) is 2. The SMILES string of the molecule is CC(C(=O)O)N(C)C(=O)c1ccc([N+](=O)[O-])cc1Br. The Morgan fingerprint density at radius 3 is 2.47 bits per heavy atom. The van der Waals surface area contributed by atoms with Crippen LogP contribution in [-0.2, 0) is 4.79 Å². The molecule has 8 heteroatoms. The number of nitro benzene ring substituents is 1. The summed E-state index contributed by atoms with van der Waals surface area (Å²) < 4.78 is 0.246. The van der Waals surface area contributed by atoms with E-state index in [9.17, 15) is 19.7 Å². The number of hydrogen-bond donors (Lipinski definition) is 1. The molecule has 1 atom stereocenters. The maximum atomic E-state index is 12.1. The van der Waals surface area contributed by atoms with Crippen LogP contribution in [0.15, 0.2) is 22.7 Å². The van der Waals surface area contributed by atoms with Crippen LogP contribution >= 0.6 is 15.9 Å². The van der Waals surface area contributed by atoms with Crippen LogP contribution < -0.4 is 0 Å². The number of carboxylic acid groups (broad SMARTS) is 1. The quantitative estimate of drug-likeness (QED) is 0.671. The molecule has 1 N–H and O–H groups in total. The van der Waals surface area contributed by atoms with E-state index in [1.54, 1.807) is 0 Å². The average molecular weight is 331 g/mol. The molecule has 0 aromatic heterocycles. The Bertz CT molecular complexity index is 546. The highest BCUT2D eigenvalue weighted by molar-refractivity contribution is 9.10. The van der Waals surface area contributed by atoms with E-state index in [4.69, 9.17) is 5.11 Å². The van der Waals surface area contributed by atoms with Crippen LogP contribution in [0.25, 0.3) is 0 Å². The molecule has 0 spiro atoms. The van der Waals surface area contributed by atoms with E-state index in [2.05, 4.69) is 15.9 Å². The zero-order valence-electron chi connectivity index (χ0n) is 10.2. The minimum absolute atomic E-state index is 0.155. The summed E-state index contributed by atoms with van der Waals surface area (Å²) in [5.41, 5.74) is 0.0126. The molecule has 0 heterocycles. The molecular formula is C11H11BrN2O5. The largest absolute Gasteiger partial charge is 0.480 e. The van der Waals surface area contributed by atoms with Gasteiger partial charge < -0.3 is 10.0 Å². The van der Waals surface area contributed by atoms with Gasteiger partial charge >= 0.3 is 5.97 Å². The second-order valence-electron chi connectivity index (χ2n) is 3.85. The number of likely N-dealkylation sites (N-methyl/N-ethyl adjacent to an activating group) is 1. The Labute approximate surface area is 117 Å². The fourth-order valence-electron chi connectivity index (χ4n) is 1.32. The lowest BCUT2D eigenvalue weighted by molar-refractivity contribution is -0.384. The lowest BCUT2D eigenvalue weighted by Crippen LogP contribution is -2.40. The van der Waals surface area contributed by atoms with Crippen molar-refractivity contribution >= 4 is 33.5 Å². The smallest absolute Gasteiger partial charge is 0.326 e. The van der Waals surface area contributed by atoms with Crippen molar-refractivity contribution in [2.45, 2.75) is 13.0 Å². The summed E-state index contributed by atoms with van der Waals surface area (Å²) >= 11 is 3.07. The number of benzene rings is 1. The molecule has 0 saturated heterocycles. The van der Waals surface area contributed by atoms with Crippen molar-refractivity contribution in [2.24, 2.45) is 0 Å². The Kier molecular flexibility index (Phi) is 4.60. The first-order chi connectivity index (χ1) is 8.75. The minimum atomic E-state index is -1.13. The molecule has 102 valence electrons.